The molecule has 0 saturated heterocycles. The summed E-state index contributed by atoms with van der Waals surface area (Å²) in [5.74, 6) is 0. The summed E-state index contributed by atoms with van der Waals surface area (Å²) in [5, 5.41) is 13.7. The molecule has 2 aromatic heterocycles. The van der Waals surface area contributed by atoms with Crippen LogP contribution in [0.2, 0.25) is 5.15 Å². The van der Waals surface area contributed by atoms with Crippen molar-refractivity contribution in [1.82, 2.24) is 20.0 Å². The van der Waals surface area contributed by atoms with Crippen LogP contribution in [0.25, 0.3) is 10.9 Å². The Kier molecular flexibility index (Phi) is 2.72. The number of rotatable bonds is 2. The van der Waals surface area contributed by atoms with Gasteiger partial charge in [0.05, 0.1) is 5.69 Å². The van der Waals surface area contributed by atoms with Gasteiger partial charge < -0.3 is 0 Å². The lowest BCUT2D eigenvalue weighted by Gasteiger charge is -2.01. The van der Waals surface area contributed by atoms with Gasteiger partial charge in [0.1, 0.15) is 5.52 Å². The topological polar surface area (TPSA) is 43.6 Å². The Balaban J connectivity index is 2.10. The average Bonchev–Trinajstić information content (AvgIpc) is 2.77. The normalized spacial score (nSPS) is 11.0. The zero-order chi connectivity index (χ0) is 12.5. The first-order chi connectivity index (χ1) is 8.74. The van der Waals surface area contributed by atoms with E-state index in [1.807, 2.05) is 31.4 Å². The molecule has 0 bridgehead atoms. The Bertz CT molecular complexity index is 691. The smallest absolute Gasteiger partial charge is 0.179 e. The zero-order valence-corrected chi connectivity index (χ0v) is 10.6. The summed E-state index contributed by atoms with van der Waals surface area (Å²) in [6.45, 7) is 0. The van der Waals surface area contributed by atoms with E-state index in [1.54, 1.807) is 4.68 Å². The molecule has 2 heterocycles. The number of nitrogens with zero attached hydrogens (tertiary/aromatic N) is 4. The highest BCUT2D eigenvalue weighted by Crippen LogP contribution is 2.22. The van der Waals surface area contributed by atoms with Gasteiger partial charge in [0.15, 0.2) is 5.15 Å². The fourth-order valence-electron chi connectivity index (χ4n) is 1.98. The maximum absolute atomic E-state index is 6.00. The van der Waals surface area contributed by atoms with E-state index in [1.165, 1.54) is 5.56 Å². The summed E-state index contributed by atoms with van der Waals surface area (Å²) in [4.78, 5) is 0. The van der Waals surface area contributed by atoms with Gasteiger partial charge in [0.25, 0.3) is 0 Å². The van der Waals surface area contributed by atoms with Crippen molar-refractivity contribution in [2.45, 2.75) is 6.42 Å². The molecule has 0 amide bonds. The lowest BCUT2D eigenvalue weighted by Crippen LogP contribution is -1.96. The van der Waals surface area contributed by atoms with E-state index in [2.05, 4.69) is 27.4 Å². The van der Waals surface area contributed by atoms with Gasteiger partial charge >= 0.3 is 0 Å². The maximum atomic E-state index is 6.00. The fourth-order valence-corrected chi connectivity index (χ4v) is 2.15. The number of fused-ring (bicyclic) bond motifs is 1. The van der Waals surface area contributed by atoms with Crippen LogP contribution in [0, 0.1) is 0 Å². The minimum Gasteiger partial charge on any atom is -0.274 e. The molecule has 0 aliphatic carbocycles. The molecule has 0 radical (unpaired) electrons. The zero-order valence-electron chi connectivity index (χ0n) is 9.84. The number of benzene rings is 1. The lowest BCUT2D eigenvalue weighted by molar-refractivity contribution is 0.779. The van der Waals surface area contributed by atoms with Crippen molar-refractivity contribution >= 4 is 22.5 Å². The lowest BCUT2D eigenvalue weighted by atomic mass is 10.1. The van der Waals surface area contributed by atoms with Crippen LogP contribution in [-0.2, 0) is 13.5 Å². The predicted octanol–water partition coefficient (Wildman–Crippen LogP) is 2.61. The van der Waals surface area contributed by atoms with Crippen molar-refractivity contribution in [2.24, 2.45) is 7.05 Å². The summed E-state index contributed by atoms with van der Waals surface area (Å²) in [6.07, 6.45) is 2.65. The number of hydrogen-bond acceptors (Lipinski definition) is 3. The van der Waals surface area contributed by atoms with Crippen LogP contribution in [0.3, 0.4) is 0 Å². The molecule has 0 N–H and O–H groups in total. The molecular weight excluding hydrogens is 248 g/mol. The van der Waals surface area contributed by atoms with E-state index in [4.69, 9.17) is 11.6 Å². The van der Waals surface area contributed by atoms with Crippen LogP contribution >= 0.6 is 11.6 Å². The molecule has 0 saturated carbocycles. The monoisotopic (exact) mass is 258 g/mol. The largest absolute Gasteiger partial charge is 0.274 e. The van der Waals surface area contributed by atoms with Crippen molar-refractivity contribution in [1.29, 1.82) is 0 Å². The molecule has 0 aliphatic heterocycles. The van der Waals surface area contributed by atoms with Crippen molar-refractivity contribution in [3.63, 3.8) is 0 Å². The van der Waals surface area contributed by atoms with Gasteiger partial charge in [0.2, 0.25) is 0 Å². The molecule has 0 atom stereocenters. The van der Waals surface area contributed by atoms with Gasteiger partial charge in [-0.25, -0.2) is 0 Å². The van der Waals surface area contributed by atoms with Crippen LogP contribution < -0.4 is 0 Å². The minimum absolute atomic E-state index is 0.349. The fraction of sp³-hybridized carbons (Fsp3) is 0.154. The Morgan fingerprint density at radius 2 is 1.94 bits per heavy atom. The van der Waals surface area contributed by atoms with E-state index in [0.717, 1.165) is 17.5 Å². The Morgan fingerprint density at radius 3 is 2.72 bits per heavy atom. The van der Waals surface area contributed by atoms with Crippen LogP contribution in [0.1, 0.15) is 11.3 Å². The number of halogens is 1. The van der Waals surface area contributed by atoms with Crippen LogP contribution in [0.15, 0.2) is 36.5 Å². The molecule has 18 heavy (non-hydrogen) atoms. The maximum Gasteiger partial charge on any atom is 0.179 e. The number of aryl methyl sites for hydroxylation is 1. The molecular formula is C13H11ClN4. The van der Waals surface area contributed by atoms with Gasteiger partial charge in [0, 0.05) is 25.1 Å². The first-order valence-corrected chi connectivity index (χ1v) is 6.00. The first kappa shape index (κ1) is 11.2. The summed E-state index contributed by atoms with van der Waals surface area (Å²) < 4.78 is 1.73. The summed E-state index contributed by atoms with van der Waals surface area (Å²) in [7, 11) is 1.86. The Morgan fingerprint density at radius 1 is 1.17 bits per heavy atom. The predicted molar refractivity (Wildman–Crippen MR) is 70.6 cm³/mol. The van der Waals surface area contributed by atoms with Crippen molar-refractivity contribution in [2.75, 3.05) is 0 Å². The van der Waals surface area contributed by atoms with Crippen molar-refractivity contribution in [3.8, 4) is 0 Å². The third kappa shape index (κ3) is 1.95. The molecule has 0 spiro atoms. The minimum atomic E-state index is 0.349. The molecule has 0 aliphatic rings. The van der Waals surface area contributed by atoms with Gasteiger partial charge in [-0.15, -0.1) is 5.10 Å². The molecule has 3 aromatic rings. The number of hydrogen-bond donors (Lipinski definition) is 0. The van der Waals surface area contributed by atoms with E-state index in [9.17, 15) is 0 Å². The highest BCUT2D eigenvalue weighted by Gasteiger charge is 2.11. The Hall–Kier alpha value is -1.94. The summed E-state index contributed by atoms with van der Waals surface area (Å²) in [6, 6.07) is 10.2. The number of aromatic nitrogens is 4. The molecule has 90 valence electrons. The van der Waals surface area contributed by atoms with Crippen LogP contribution in [0.5, 0.6) is 0 Å². The third-order valence-electron chi connectivity index (χ3n) is 2.81. The molecule has 3 rings (SSSR count). The van der Waals surface area contributed by atoms with Gasteiger partial charge in [-0.05, 0) is 5.56 Å². The van der Waals surface area contributed by atoms with Crippen LogP contribution in [-0.4, -0.2) is 20.0 Å². The molecule has 4 nitrogen and oxygen atoms in total. The van der Waals surface area contributed by atoms with Crippen molar-refractivity contribution in [3.05, 3.63) is 52.9 Å². The third-order valence-corrected chi connectivity index (χ3v) is 3.06. The molecule has 5 heteroatoms. The van der Waals surface area contributed by atoms with Gasteiger partial charge in [-0.1, -0.05) is 41.9 Å². The molecule has 0 unspecified atom stereocenters. The highest BCUT2D eigenvalue weighted by atomic mass is 35.5. The van der Waals surface area contributed by atoms with E-state index in [-0.39, 0.29) is 0 Å². The Labute approximate surface area is 109 Å². The average molecular weight is 259 g/mol. The van der Waals surface area contributed by atoms with Gasteiger partial charge in [-0.2, -0.15) is 10.2 Å². The first-order valence-electron chi connectivity index (χ1n) is 5.62. The summed E-state index contributed by atoms with van der Waals surface area (Å²) >= 11 is 6.00. The van der Waals surface area contributed by atoms with Crippen LogP contribution in [0.4, 0.5) is 0 Å². The molecule has 1 aromatic carbocycles. The van der Waals surface area contributed by atoms with E-state index < -0.39 is 0 Å². The van der Waals surface area contributed by atoms with Crippen molar-refractivity contribution < 1.29 is 0 Å². The second-order valence-corrected chi connectivity index (χ2v) is 4.52. The highest BCUT2D eigenvalue weighted by molar-refractivity contribution is 6.33. The summed E-state index contributed by atoms with van der Waals surface area (Å²) in [5.41, 5.74) is 2.80. The van der Waals surface area contributed by atoms with Gasteiger partial charge in [-0.3, -0.25) is 4.68 Å². The van der Waals surface area contributed by atoms with E-state index >= 15 is 0 Å². The SMILES string of the molecule is Cn1cc2c(Cc3ccccc3)nnc(Cl)c2n1. The van der Waals surface area contributed by atoms with E-state index in [0.29, 0.717) is 10.7 Å². The standard InChI is InChI=1S/C13H11ClN4/c1-18-8-10-11(7-9-5-3-2-4-6-9)15-16-13(14)12(10)17-18/h2-6,8H,7H2,1H3. The second-order valence-electron chi connectivity index (χ2n) is 4.16. The second kappa shape index (κ2) is 4.38. The molecule has 0 fully saturated rings. The quantitative estimate of drug-likeness (QED) is 0.710.